The molecule has 0 saturated carbocycles. The van der Waals surface area contributed by atoms with Crippen molar-refractivity contribution in [1.29, 1.82) is 0 Å². The number of methoxy groups -OCH3 is 1. The number of unbranched alkanes of at least 4 members (excludes halogenated alkanes) is 1. The van der Waals surface area contributed by atoms with Gasteiger partial charge in [0.25, 0.3) is 0 Å². The largest absolute Gasteiger partial charge is 0.496 e. The highest BCUT2D eigenvalue weighted by molar-refractivity contribution is 6.02. The first-order valence-electron chi connectivity index (χ1n) is 8.85. The van der Waals surface area contributed by atoms with Crippen LogP contribution in [0, 0.1) is 0 Å². The molecule has 0 heterocycles. The first kappa shape index (κ1) is 19.9. The Morgan fingerprint density at radius 3 is 2.38 bits per heavy atom. The molecule has 0 aromatic heterocycles. The van der Waals surface area contributed by atoms with Crippen molar-refractivity contribution >= 4 is 12.1 Å². The zero-order valence-corrected chi connectivity index (χ0v) is 15.9. The second kappa shape index (κ2) is 8.77. The molecule has 0 N–H and O–H groups in total. The first-order valence-corrected chi connectivity index (χ1v) is 8.85. The molecule has 4 heteroatoms. The van der Waals surface area contributed by atoms with E-state index in [1.807, 2.05) is 12.1 Å². The third-order valence-electron chi connectivity index (χ3n) is 4.33. The molecule has 0 aliphatic heterocycles. The van der Waals surface area contributed by atoms with E-state index in [2.05, 4.69) is 6.92 Å². The number of ketones is 1. The number of hydrogen-bond donors (Lipinski definition) is 0. The normalized spacial score (nSPS) is 11.2. The molecule has 0 spiro atoms. The number of Topliss-reactive ketones (excluding diaryl/α,β-unsaturated/α-hetero) is 1. The fraction of sp³-hybridized carbons (Fsp3) is 0.364. The number of carbonyl (C=O) groups excluding carboxylic acids is 2. The van der Waals surface area contributed by atoms with Gasteiger partial charge in [0.05, 0.1) is 7.11 Å². The van der Waals surface area contributed by atoms with Crippen molar-refractivity contribution in [2.24, 2.45) is 0 Å². The molecule has 2 aromatic rings. The lowest BCUT2D eigenvalue weighted by Gasteiger charge is -2.24. The van der Waals surface area contributed by atoms with E-state index in [0.29, 0.717) is 23.5 Å². The van der Waals surface area contributed by atoms with Crippen LogP contribution in [0.15, 0.2) is 42.5 Å². The van der Waals surface area contributed by atoms with Gasteiger partial charge in [0.1, 0.15) is 17.6 Å². The van der Waals surface area contributed by atoms with Gasteiger partial charge in [-0.25, -0.2) is 0 Å². The standard InChI is InChI=1S/C22H26O4/c1-5-6-13-26-22(2,3)21(24)18-10-8-17(9-11-18)19-14-16(15-23)7-12-20(19)25-4/h7-12,14-15H,5-6,13H2,1-4H3. The smallest absolute Gasteiger partial charge is 0.194 e. The summed E-state index contributed by atoms with van der Waals surface area (Å²) < 4.78 is 11.1. The molecule has 26 heavy (non-hydrogen) atoms. The van der Waals surface area contributed by atoms with E-state index in [1.165, 1.54) is 0 Å². The summed E-state index contributed by atoms with van der Waals surface area (Å²) in [6.45, 7) is 6.26. The Kier molecular flexibility index (Phi) is 6.70. The first-order chi connectivity index (χ1) is 12.4. The summed E-state index contributed by atoms with van der Waals surface area (Å²) in [6.07, 6.45) is 2.76. The fourth-order valence-corrected chi connectivity index (χ4v) is 2.71. The van der Waals surface area contributed by atoms with Crippen molar-refractivity contribution < 1.29 is 19.1 Å². The van der Waals surface area contributed by atoms with Crippen LogP contribution in [-0.4, -0.2) is 31.4 Å². The predicted octanol–water partition coefficient (Wildman–Crippen LogP) is 4.95. The molecule has 0 saturated heterocycles. The number of hydrogen-bond acceptors (Lipinski definition) is 4. The summed E-state index contributed by atoms with van der Waals surface area (Å²) in [5.74, 6) is 0.631. The molecule has 0 aliphatic carbocycles. The van der Waals surface area contributed by atoms with Gasteiger partial charge in [-0.3, -0.25) is 9.59 Å². The molecule has 138 valence electrons. The van der Waals surface area contributed by atoms with Crippen molar-refractivity contribution in [2.45, 2.75) is 39.2 Å². The predicted molar refractivity (Wildman–Crippen MR) is 103 cm³/mol. The van der Waals surface area contributed by atoms with Crippen molar-refractivity contribution in [2.75, 3.05) is 13.7 Å². The molecule has 0 atom stereocenters. The molecule has 2 rings (SSSR count). The maximum atomic E-state index is 12.7. The Bertz CT molecular complexity index is 760. The van der Waals surface area contributed by atoms with Gasteiger partial charge in [-0.05, 0) is 44.0 Å². The van der Waals surface area contributed by atoms with Crippen molar-refractivity contribution in [3.05, 3.63) is 53.6 Å². The van der Waals surface area contributed by atoms with E-state index in [4.69, 9.17) is 9.47 Å². The van der Waals surface area contributed by atoms with Gasteiger partial charge < -0.3 is 9.47 Å². The van der Waals surface area contributed by atoms with Gasteiger partial charge in [0.15, 0.2) is 5.78 Å². The molecule has 0 amide bonds. The van der Waals surface area contributed by atoms with E-state index in [9.17, 15) is 9.59 Å². The minimum absolute atomic E-state index is 0.0474. The second-order valence-electron chi connectivity index (χ2n) is 6.70. The third-order valence-corrected chi connectivity index (χ3v) is 4.33. The lowest BCUT2D eigenvalue weighted by molar-refractivity contribution is -0.00545. The van der Waals surface area contributed by atoms with Crippen LogP contribution in [-0.2, 0) is 4.74 Å². The van der Waals surface area contributed by atoms with Gasteiger partial charge in [-0.1, -0.05) is 37.6 Å². The highest BCUT2D eigenvalue weighted by atomic mass is 16.5. The highest BCUT2D eigenvalue weighted by Crippen LogP contribution is 2.31. The highest BCUT2D eigenvalue weighted by Gasteiger charge is 2.29. The van der Waals surface area contributed by atoms with Crippen molar-refractivity contribution in [1.82, 2.24) is 0 Å². The Morgan fingerprint density at radius 1 is 1.12 bits per heavy atom. The molecule has 0 fully saturated rings. The monoisotopic (exact) mass is 354 g/mol. The SMILES string of the molecule is CCCCOC(C)(C)C(=O)c1ccc(-c2cc(C=O)ccc2OC)cc1. The maximum absolute atomic E-state index is 12.7. The van der Waals surface area contributed by atoms with E-state index >= 15 is 0 Å². The summed E-state index contributed by atoms with van der Waals surface area (Å²) >= 11 is 0. The number of rotatable bonds is 9. The van der Waals surface area contributed by atoms with Gasteiger partial charge >= 0.3 is 0 Å². The molecule has 0 radical (unpaired) electrons. The van der Waals surface area contributed by atoms with Crippen LogP contribution < -0.4 is 4.74 Å². The van der Waals surface area contributed by atoms with E-state index in [1.54, 1.807) is 51.3 Å². The molecule has 4 nitrogen and oxygen atoms in total. The van der Waals surface area contributed by atoms with Gasteiger partial charge in [0.2, 0.25) is 0 Å². The lowest BCUT2D eigenvalue weighted by Crippen LogP contribution is -2.35. The van der Waals surface area contributed by atoms with Crippen LogP contribution in [0.2, 0.25) is 0 Å². The minimum atomic E-state index is -0.855. The molecule has 0 unspecified atom stereocenters. The van der Waals surface area contributed by atoms with Crippen LogP contribution in [0.1, 0.15) is 54.3 Å². The topological polar surface area (TPSA) is 52.6 Å². The molecule has 0 aliphatic rings. The van der Waals surface area contributed by atoms with Crippen molar-refractivity contribution in [3.8, 4) is 16.9 Å². The third kappa shape index (κ3) is 4.58. The summed E-state index contributed by atoms with van der Waals surface area (Å²) in [7, 11) is 1.59. The van der Waals surface area contributed by atoms with Gasteiger partial charge in [-0.15, -0.1) is 0 Å². The summed E-state index contributed by atoms with van der Waals surface area (Å²) in [5, 5.41) is 0. The van der Waals surface area contributed by atoms with Crippen LogP contribution in [0.25, 0.3) is 11.1 Å². The zero-order valence-electron chi connectivity index (χ0n) is 15.9. The lowest BCUT2D eigenvalue weighted by atomic mass is 9.94. The van der Waals surface area contributed by atoms with Crippen LogP contribution in [0.4, 0.5) is 0 Å². The number of aldehydes is 1. The maximum Gasteiger partial charge on any atom is 0.194 e. The zero-order chi connectivity index (χ0) is 19.2. The number of ether oxygens (including phenoxy) is 2. The molecular weight excluding hydrogens is 328 g/mol. The minimum Gasteiger partial charge on any atom is -0.496 e. The van der Waals surface area contributed by atoms with E-state index < -0.39 is 5.60 Å². The molecular formula is C22H26O4. The second-order valence-corrected chi connectivity index (χ2v) is 6.70. The fourth-order valence-electron chi connectivity index (χ4n) is 2.71. The van der Waals surface area contributed by atoms with Crippen LogP contribution in [0.3, 0.4) is 0 Å². The van der Waals surface area contributed by atoms with E-state index in [-0.39, 0.29) is 5.78 Å². The number of benzene rings is 2. The van der Waals surface area contributed by atoms with Crippen LogP contribution >= 0.6 is 0 Å². The van der Waals surface area contributed by atoms with Gasteiger partial charge in [-0.2, -0.15) is 0 Å². The Labute approximate surface area is 155 Å². The molecule has 2 aromatic carbocycles. The average molecular weight is 354 g/mol. The van der Waals surface area contributed by atoms with Crippen LogP contribution in [0.5, 0.6) is 5.75 Å². The summed E-state index contributed by atoms with van der Waals surface area (Å²) in [6, 6.07) is 12.6. The quantitative estimate of drug-likeness (QED) is 0.363. The Balaban J connectivity index is 2.25. The van der Waals surface area contributed by atoms with E-state index in [0.717, 1.165) is 30.3 Å². The Hall–Kier alpha value is -2.46. The molecule has 0 bridgehead atoms. The van der Waals surface area contributed by atoms with Crippen molar-refractivity contribution in [3.63, 3.8) is 0 Å². The Morgan fingerprint density at radius 2 is 1.81 bits per heavy atom. The summed E-state index contributed by atoms with van der Waals surface area (Å²) in [4.78, 5) is 23.8. The van der Waals surface area contributed by atoms with Gasteiger partial charge in [0, 0.05) is 23.3 Å². The average Bonchev–Trinajstić information content (AvgIpc) is 2.67. The summed E-state index contributed by atoms with van der Waals surface area (Å²) in [5.41, 5.74) is 2.01. The number of carbonyl (C=O) groups is 2.